The van der Waals surface area contributed by atoms with Gasteiger partial charge >= 0.3 is 5.97 Å². The molecule has 0 aromatic rings. The first kappa shape index (κ1) is 66.7. The summed E-state index contributed by atoms with van der Waals surface area (Å²) in [6.07, 6.45) is 6.01. The normalized spacial score (nSPS) is 40.7. The van der Waals surface area contributed by atoms with E-state index in [9.17, 15) is 60.7 Å². The second-order valence-electron chi connectivity index (χ2n) is 20.5. The van der Waals surface area contributed by atoms with Gasteiger partial charge in [-0.3, -0.25) is 14.5 Å². The van der Waals surface area contributed by atoms with Gasteiger partial charge in [0, 0.05) is 50.6 Å². The summed E-state index contributed by atoms with van der Waals surface area (Å²) in [6, 6.07) is -0.851. The fraction of sp³-hybridized carbons (Fsp3) is 0.709. The minimum atomic E-state index is -2.29. The van der Waals surface area contributed by atoms with Crippen LogP contribution in [0.3, 0.4) is 0 Å². The SMILES string of the molecule is C[C@@H]1[C@H](O)[C@@H](C)/C=C/C=C/C=C/C=C/C=C/C=C/C=C/[C@H](O[C@@H]2O[C@H](C)[C@@H](O)[C@H](N(CCCN)CCCN)[C@@H]2O)CC2O[C@](O)(C[C@@H](O)C[C@@H](O)[C@H](O)CC[C@@H](O)C[C@@H](O)CC(=O)O[C@H]1C)C[C@H](O)[C@H]2C(=O)NCCN. The Bertz CT molecular complexity index is 1880. The minimum Gasteiger partial charge on any atom is -0.462 e. The van der Waals surface area contributed by atoms with Gasteiger partial charge in [-0.15, -0.1) is 0 Å². The topological polar surface area (TPSA) is 367 Å². The number of hydrogen-bond donors (Lipinski definition) is 14. The van der Waals surface area contributed by atoms with Crippen LogP contribution in [-0.2, 0) is 28.5 Å². The van der Waals surface area contributed by atoms with Crippen LogP contribution in [0.4, 0.5) is 0 Å². The average Bonchev–Trinajstić information content (AvgIpc) is 3.35. The van der Waals surface area contributed by atoms with Crippen LogP contribution in [-0.4, -0.2) is 205 Å². The van der Waals surface area contributed by atoms with E-state index in [1.807, 2.05) is 54.4 Å². The van der Waals surface area contributed by atoms with Crippen molar-refractivity contribution in [2.24, 2.45) is 35.0 Å². The molecule has 3 aliphatic heterocycles. The van der Waals surface area contributed by atoms with Gasteiger partial charge in [-0.25, -0.2) is 0 Å². The molecule has 0 saturated carbocycles. The van der Waals surface area contributed by atoms with Crippen LogP contribution in [0, 0.1) is 17.8 Å². The second-order valence-corrected chi connectivity index (χ2v) is 20.5. The average molecular weight is 1080 g/mol. The Morgan fingerprint density at radius 3 is 1.83 bits per heavy atom. The number of esters is 1. The highest BCUT2D eigenvalue weighted by molar-refractivity contribution is 5.80. The van der Waals surface area contributed by atoms with Crippen molar-refractivity contribution < 1.29 is 79.6 Å². The molecular weight excluding hydrogens is 987 g/mol. The standard InChI is InChI=1S/C55H93N5O16/c1-35-19-15-13-11-9-7-5-6-8-10-12-14-16-20-42(75-54-52(70)49(51(69)38(4)74-54)60(27-17-23-56)28-18-24-57)32-46-48(53(71)59-26-25-58)45(66)34-55(72,76-46)33-41(63)30-44(65)43(64)22-21-39(61)29-40(62)31-47(67)73-37(3)36(2)50(35)68/h5-16,19-20,35-46,48-52,54,61-66,68-70,72H,17-18,21-34,56-58H2,1-4H3,(H,59,71)/b6-5+,9-7+,10-8+,13-11+,14-12+,19-15+,20-16+/t35-,36-,37-,38+,39+,40+,41-,42-,43+,44+,45-,46?,48+,49-,50+,51+,52-,54-,55+/m0/s1. The first-order valence-electron chi connectivity index (χ1n) is 27.0. The van der Waals surface area contributed by atoms with Gasteiger partial charge in [-0.05, 0) is 72.1 Å². The van der Waals surface area contributed by atoms with Crippen molar-refractivity contribution in [3.63, 3.8) is 0 Å². The number of rotatable bonds is 12. The van der Waals surface area contributed by atoms with Crippen LogP contribution in [0.25, 0.3) is 0 Å². The lowest BCUT2D eigenvalue weighted by Crippen LogP contribution is -2.64. The third-order valence-electron chi connectivity index (χ3n) is 14.1. The van der Waals surface area contributed by atoms with E-state index in [0.29, 0.717) is 39.0 Å². The summed E-state index contributed by atoms with van der Waals surface area (Å²) < 4.78 is 24.4. The van der Waals surface area contributed by atoms with Gasteiger partial charge in [0.25, 0.3) is 0 Å². The van der Waals surface area contributed by atoms with Gasteiger partial charge in [-0.1, -0.05) is 98.9 Å². The lowest BCUT2D eigenvalue weighted by molar-refractivity contribution is -0.311. The van der Waals surface area contributed by atoms with Crippen molar-refractivity contribution in [2.75, 3.05) is 39.3 Å². The number of hydrogen-bond acceptors (Lipinski definition) is 20. The summed E-state index contributed by atoms with van der Waals surface area (Å²) in [5.41, 5.74) is 17.4. The predicted octanol–water partition coefficient (Wildman–Crippen LogP) is -0.257. The molecular formula is C55H93N5O16. The number of ether oxygens (including phenoxy) is 4. The molecule has 2 bridgehead atoms. The maximum Gasteiger partial charge on any atom is 0.308 e. The van der Waals surface area contributed by atoms with Crippen LogP contribution in [0.5, 0.6) is 0 Å². The minimum absolute atomic E-state index is 0.0571. The number of amides is 1. The molecule has 0 aromatic heterocycles. The van der Waals surface area contributed by atoms with E-state index in [4.69, 9.17) is 36.1 Å². The van der Waals surface area contributed by atoms with Crippen LogP contribution in [0.15, 0.2) is 85.1 Å². The Hall–Kier alpha value is -3.56. The molecule has 2 fully saturated rings. The van der Waals surface area contributed by atoms with E-state index in [1.54, 1.807) is 63.3 Å². The van der Waals surface area contributed by atoms with Crippen molar-refractivity contribution in [1.82, 2.24) is 10.2 Å². The summed E-state index contributed by atoms with van der Waals surface area (Å²) in [5.74, 6) is -5.70. The molecule has 3 aliphatic rings. The first-order chi connectivity index (χ1) is 36.1. The van der Waals surface area contributed by atoms with Crippen molar-refractivity contribution in [2.45, 2.75) is 189 Å². The molecule has 3 heterocycles. The molecule has 3 rings (SSSR count). The molecule has 0 spiro atoms. The molecule has 21 heteroatoms. The fourth-order valence-corrected chi connectivity index (χ4v) is 9.68. The number of nitrogens with zero attached hydrogens (tertiary/aromatic N) is 1. The van der Waals surface area contributed by atoms with Crippen LogP contribution >= 0.6 is 0 Å². The van der Waals surface area contributed by atoms with Crippen molar-refractivity contribution in [3.8, 4) is 0 Å². The molecule has 21 nitrogen and oxygen atoms in total. The van der Waals surface area contributed by atoms with Crippen molar-refractivity contribution in [1.29, 1.82) is 0 Å². The number of carbonyl (C=O) groups is 2. The van der Waals surface area contributed by atoms with E-state index < -0.39 is 147 Å². The molecule has 1 unspecified atom stereocenters. The second kappa shape index (κ2) is 35.1. The van der Waals surface area contributed by atoms with Crippen LogP contribution < -0.4 is 22.5 Å². The largest absolute Gasteiger partial charge is 0.462 e. The van der Waals surface area contributed by atoms with Crippen LogP contribution in [0.1, 0.15) is 91.9 Å². The highest BCUT2D eigenvalue weighted by atomic mass is 16.7. The van der Waals surface area contributed by atoms with Crippen molar-refractivity contribution >= 4 is 11.9 Å². The Kier molecular flexibility index (Phi) is 30.8. The highest BCUT2D eigenvalue weighted by Gasteiger charge is 2.51. The highest BCUT2D eigenvalue weighted by Crippen LogP contribution is 2.38. The zero-order valence-corrected chi connectivity index (χ0v) is 44.9. The van der Waals surface area contributed by atoms with E-state index in [0.717, 1.165) is 0 Å². The Labute approximate surface area is 449 Å². The van der Waals surface area contributed by atoms with Gasteiger partial charge in [0.2, 0.25) is 5.91 Å². The number of carbonyl (C=O) groups excluding carboxylic acids is 2. The molecule has 1 amide bonds. The number of nitrogens with one attached hydrogen (secondary N) is 1. The predicted molar refractivity (Wildman–Crippen MR) is 286 cm³/mol. The maximum absolute atomic E-state index is 13.7. The third kappa shape index (κ3) is 23.0. The molecule has 19 atom stereocenters. The fourth-order valence-electron chi connectivity index (χ4n) is 9.68. The van der Waals surface area contributed by atoms with E-state index in [-0.39, 0.29) is 44.7 Å². The number of aliphatic hydroxyl groups excluding tert-OH is 9. The molecule has 0 radical (unpaired) electrons. The quantitative estimate of drug-likeness (QED) is 0.112. The van der Waals surface area contributed by atoms with Gasteiger partial charge in [0.15, 0.2) is 12.1 Å². The van der Waals surface area contributed by atoms with Gasteiger partial charge in [0.05, 0.1) is 85.5 Å². The molecule has 434 valence electrons. The third-order valence-corrected chi connectivity index (χ3v) is 14.1. The molecule has 0 aliphatic carbocycles. The molecule has 0 aromatic carbocycles. The zero-order valence-electron chi connectivity index (χ0n) is 44.9. The van der Waals surface area contributed by atoms with Gasteiger partial charge in [-0.2, -0.15) is 0 Å². The van der Waals surface area contributed by atoms with Crippen LogP contribution in [0.2, 0.25) is 0 Å². The molecule has 76 heavy (non-hydrogen) atoms. The summed E-state index contributed by atoms with van der Waals surface area (Å²) in [5, 5.41) is 115. The Morgan fingerprint density at radius 1 is 0.671 bits per heavy atom. The number of fused-ring (bicyclic) bond motifs is 2. The van der Waals surface area contributed by atoms with E-state index >= 15 is 0 Å². The Balaban J connectivity index is 2.00. The Morgan fingerprint density at radius 2 is 1.25 bits per heavy atom. The maximum atomic E-state index is 13.7. The van der Waals surface area contributed by atoms with E-state index in [1.165, 1.54) is 0 Å². The number of allylic oxidation sites excluding steroid dienone is 12. The summed E-state index contributed by atoms with van der Waals surface area (Å²) in [7, 11) is 0. The molecule has 17 N–H and O–H groups in total. The van der Waals surface area contributed by atoms with Gasteiger partial charge < -0.3 is 92.5 Å². The number of aliphatic hydroxyl groups is 10. The first-order valence-corrected chi connectivity index (χ1v) is 27.0. The lowest BCUT2D eigenvalue weighted by Gasteiger charge is -2.48. The smallest absolute Gasteiger partial charge is 0.308 e. The van der Waals surface area contributed by atoms with Gasteiger partial charge in [0.1, 0.15) is 12.2 Å². The van der Waals surface area contributed by atoms with Crippen molar-refractivity contribution in [3.05, 3.63) is 85.1 Å². The lowest BCUT2D eigenvalue weighted by atomic mass is 9.82. The summed E-state index contributed by atoms with van der Waals surface area (Å²) in [4.78, 5) is 28.4. The monoisotopic (exact) mass is 1080 g/mol. The zero-order chi connectivity index (χ0) is 56.4. The number of nitrogens with two attached hydrogens (primary N) is 3. The van der Waals surface area contributed by atoms with E-state index in [2.05, 4.69) is 5.32 Å². The number of cyclic esters (lactones) is 1. The summed E-state index contributed by atoms with van der Waals surface area (Å²) in [6.45, 7) is 8.66. The summed E-state index contributed by atoms with van der Waals surface area (Å²) >= 11 is 0. The molecule has 2 saturated heterocycles.